The molecule has 36 heavy (non-hydrogen) atoms. The van der Waals surface area contributed by atoms with E-state index in [0.29, 0.717) is 5.92 Å². The standard InChI is InChI=1S/C30H48N4O2/c1-20-15-23(4)28(24(5)16-20)30-32-27(25(6)36-30)19-33-12-8-26(9-13-33)29(35)31-10-7-11-34-17-21(2)14-22(3)18-34/h15,20-22,26H,7-14,16-19H2,1-6H3,(H,31,35)/t20?,21-,22+. The van der Waals surface area contributed by atoms with E-state index in [4.69, 9.17) is 9.40 Å². The number of nitrogens with one attached hydrogen (secondary N) is 1. The molecule has 3 aliphatic rings. The Kier molecular flexibility index (Phi) is 9.10. The number of carbonyl (C=O) groups excluding carboxylic acids is 1. The topological polar surface area (TPSA) is 61.6 Å². The zero-order chi connectivity index (χ0) is 25.8. The summed E-state index contributed by atoms with van der Waals surface area (Å²) in [7, 11) is 0. The Balaban J connectivity index is 1.20. The highest BCUT2D eigenvalue weighted by molar-refractivity contribution is 5.79. The Hall–Kier alpha value is -1.92. The summed E-state index contributed by atoms with van der Waals surface area (Å²) in [5, 5.41) is 3.22. The first kappa shape index (κ1) is 27.1. The van der Waals surface area contributed by atoms with Gasteiger partial charge in [0.15, 0.2) is 0 Å². The van der Waals surface area contributed by atoms with Gasteiger partial charge in [0.05, 0.1) is 5.69 Å². The van der Waals surface area contributed by atoms with Gasteiger partial charge in [-0.05, 0) is 95.8 Å². The molecule has 2 fully saturated rings. The molecule has 0 bridgehead atoms. The van der Waals surface area contributed by atoms with Crippen LogP contribution in [0.4, 0.5) is 0 Å². The first-order valence-electron chi connectivity index (χ1n) is 14.3. The van der Waals surface area contributed by atoms with Crippen LogP contribution in [0.5, 0.6) is 0 Å². The summed E-state index contributed by atoms with van der Waals surface area (Å²) >= 11 is 0. The Bertz CT molecular complexity index is 960. The average molecular weight is 497 g/mol. The number of nitrogens with zero attached hydrogens (tertiary/aromatic N) is 3. The lowest BCUT2D eigenvalue weighted by atomic mass is 9.87. The third kappa shape index (κ3) is 6.89. The van der Waals surface area contributed by atoms with Gasteiger partial charge in [-0.25, -0.2) is 4.98 Å². The number of likely N-dealkylation sites (tertiary alicyclic amines) is 2. The fourth-order valence-electron chi connectivity index (χ4n) is 6.72. The van der Waals surface area contributed by atoms with Crippen LogP contribution in [-0.4, -0.2) is 60.0 Å². The molecule has 0 aromatic carbocycles. The van der Waals surface area contributed by atoms with Gasteiger partial charge in [-0.15, -0.1) is 0 Å². The van der Waals surface area contributed by atoms with Crippen molar-refractivity contribution in [3.05, 3.63) is 34.6 Å². The largest absolute Gasteiger partial charge is 0.441 e. The molecule has 1 aliphatic carbocycles. The normalized spacial score (nSPS) is 26.8. The number of allylic oxidation sites excluding steroid dienone is 4. The van der Waals surface area contributed by atoms with Crippen LogP contribution in [-0.2, 0) is 11.3 Å². The number of oxazole rings is 1. The third-order valence-corrected chi connectivity index (χ3v) is 8.32. The van der Waals surface area contributed by atoms with Gasteiger partial charge >= 0.3 is 0 Å². The van der Waals surface area contributed by atoms with Gasteiger partial charge < -0.3 is 14.6 Å². The van der Waals surface area contributed by atoms with Crippen molar-refractivity contribution < 1.29 is 9.21 Å². The summed E-state index contributed by atoms with van der Waals surface area (Å²) in [5.74, 6) is 4.21. The molecule has 0 saturated carbocycles. The number of carbonyl (C=O) groups is 1. The van der Waals surface area contributed by atoms with Gasteiger partial charge in [-0.3, -0.25) is 9.69 Å². The molecule has 6 heteroatoms. The molecule has 0 spiro atoms. The average Bonchev–Trinajstić information content (AvgIpc) is 3.15. The number of rotatable bonds is 8. The summed E-state index contributed by atoms with van der Waals surface area (Å²) in [6, 6.07) is 0. The maximum atomic E-state index is 12.8. The van der Waals surface area contributed by atoms with Crippen LogP contribution >= 0.6 is 0 Å². The molecule has 3 heterocycles. The summed E-state index contributed by atoms with van der Waals surface area (Å²) in [6.45, 7) is 20.3. The molecule has 200 valence electrons. The lowest BCUT2D eigenvalue weighted by Gasteiger charge is -2.35. The molecule has 1 unspecified atom stereocenters. The van der Waals surface area contributed by atoms with Crippen LogP contribution in [0.3, 0.4) is 0 Å². The fourth-order valence-corrected chi connectivity index (χ4v) is 6.72. The van der Waals surface area contributed by atoms with Crippen molar-refractivity contribution in [3.8, 4) is 0 Å². The highest BCUT2D eigenvalue weighted by atomic mass is 16.4. The van der Waals surface area contributed by atoms with Crippen molar-refractivity contribution in [1.29, 1.82) is 0 Å². The van der Waals surface area contributed by atoms with E-state index in [1.54, 1.807) is 0 Å². The minimum absolute atomic E-state index is 0.134. The van der Waals surface area contributed by atoms with E-state index < -0.39 is 0 Å². The molecule has 3 atom stereocenters. The van der Waals surface area contributed by atoms with Crippen LogP contribution in [0.25, 0.3) is 5.57 Å². The molecular weight excluding hydrogens is 448 g/mol. The van der Waals surface area contributed by atoms with Crippen LogP contribution < -0.4 is 5.32 Å². The van der Waals surface area contributed by atoms with E-state index in [0.717, 1.165) is 87.6 Å². The summed E-state index contributed by atoms with van der Waals surface area (Å²) in [4.78, 5) is 22.7. The van der Waals surface area contributed by atoms with Crippen LogP contribution in [0.1, 0.15) is 84.1 Å². The second-order valence-corrected chi connectivity index (χ2v) is 12.1. The van der Waals surface area contributed by atoms with Crippen molar-refractivity contribution in [1.82, 2.24) is 20.1 Å². The minimum Gasteiger partial charge on any atom is -0.441 e. The van der Waals surface area contributed by atoms with Crippen LogP contribution in [0, 0.1) is 30.6 Å². The van der Waals surface area contributed by atoms with E-state index in [2.05, 4.69) is 55.8 Å². The molecule has 1 N–H and O–H groups in total. The molecule has 1 amide bonds. The zero-order valence-electron chi connectivity index (χ0n) is 23.5. The molecule has 2 aliphatic heterocycles. The van der Waals surface area contributed by atoms with Gasteiger partial charge in [-0.2, -0.15) is 0 Å². The van der Waals surface area contributed by atoms with Crippen molar-refractivity contribution in [3.63, 3.8) is 0 Å². The van der Waals surface area contributed by atoms with Crippen LogP contribution in [0.15, 0.2) is 21.6 Å². The monoisotopic (exact) mass is 496 g/mol. The SMILES string of the molecule is CC1=CC(C)CC(C)=C1c1nc(CN2CCC(C(=O)NCCCN3C[C@H](C)C[C@H](C)C3)CC2)c(C)o1. The lowest BCUT2D eigenvalue weighted by molar-refractivity contribution is -0.126. The number of aryl methyl sites for hydroxylation is 1. The molecule has 1 aromatic rings. The first-order chi connectivity index (χ1) is 17.2. The van der Waals surface area contributed by atoms with E-state index >= 15 is 0 Å². The minimum atomic E-state index is 0.134. The van der Waals surface area contributed by atoms with Crippen molar-refractivity contribution in [2.75, 3.05) is 39.3 Å². The number of hydrogen-bond acceptors (Lipinski definition) is 5. The highest BCUT2D eigenvalue weighted by Crippen LogP contribution is 2.35. The fraction of sp³-hybridized carbons (Fsp3) is 0.733. The Labute approximate surface area is 218 Å². The maximum Gasteiger partial charge on any atom is 0.226 e. The van der Waals surface area contributed by atoms with Gasteiger partial charge in [0.25, 0.3) is 0 Å². The maximum absolute atomic E-state index is 12.8. The van der Waals surface area contributed by atoms with Gasteiger partial charge in [0.1, 0.15) is 5.76 Å². The van der Waals surface area contributed by atoms with Gasteiger partial charge in [0.2, 0.25) is 11.8 Å². The van der Waals surface area contributed by atoms with Crippen molar-refractivity contribution in [2.45, 2.75) is 80.2 Å². The van der Waals surface area contributed by atoms with Crippen molar-refractivity contribution >= 4 is 11.5 Å². The molecule has 0 radical (unpaired) electrons. The van der Waals surface area contributed by atoms with E-state index in [9.17, 15) is 4.79 Å². The van der Waals surface area contributed by atoms with Crippen LogP contribution in [0.2, 0.25) is 0 Å². The predicted octanol–water partition coefficient (Wildman–Crippen LogP) is 5.44. The van der Waals surface area contributed by atoms with Gasteiger partial charge in [-0.1, -0.05) is 32.4 Å². The van der Waals surface area contributed by atoms with E-state index in [-0.39, 0.29) is 11.8 Å². The predicted molar refractivity (Wildman–Crippen MR) is 146 cm³/mol. The second-order valence-electron chi connectivity index (χ2n) is 12.1. The number of aromatic nitrogens is 1. The smallest absolute Gasteiger partial charge is 0.226 e. The number of amides is 1. The molecule has 1 aromatic heterocycles. The highest BCUT2D eigenvalue weighted by Gasteiger charge is 2.27. The van der Waals surface area contributed by atoms with Gasteiger partial charge in [0, 0.05) is 37.7 Å². The Morgan fingerprint density at radius 1 is 1.08 bits per heavy atom. The Morgan fingerprint density at radius 3 is 2.44 bits per heavy atom. The molecule has 2 saturated heterocycles. The first-order valence-corrected chi connectivity index (χ1v) is 14.3. The van der Waals surface area contributed by atoms with E-state index in [1.807, 2.05) is 6.92 Å². The summed E-state index contributed by atoms with van der Waals surface area (Å²) < 4.78 is 6.14. The second kappa shape index (κ2) is 12.1. The number of piperidine rings is 2. The quantitative estimate of drug-likeness (QED) is 0.486. The Morgan fingerprint density at radius 2 is 1.78 bits per heavy atom. The van der Waals surface area contributed by atoms with Crippen molar-refractivity contribution in [2.24, 2.45) is 23.7 Å². The molecular formula is C30H48N4O2. The van der Waals surface area contributed by atoms with E-state index in [1.165, 1.54) is 36.2 Å². The lowest BCUT2D eigenvalue weighted by Crippen LogP contribution is -2.42. The zero-order valence-corrected chi connectivity index (χ0v) is 23.5. The molecule has 4 rings (SSSR count). The summed E-state index contributed by atoms with van der Waals surface area (Å²) in [6.07, 6.45) is 7.61. The molecule has 6 nitrogen and oxygen atoms in total. The number of hydrogen-bond donors (Lipinski definition) is 1. The third-order valence-electron chi connectivity index (χ3n) is 8.32. The summed E-state index contributed by atoms with van der Waals surface area (Å²) in [5.41, 5.74) is 4.84.